The van der Waals surface area contributed by atoms with Gasteiger partial charge in [-0.15, -0.1) is 11.6 Å². The Labute approximate surface area is 135 Å². The molecule has 2 aromatic carbocycles. The van der Waals surface area contributed by atoms with Gasteiger partial charge in [0, 0.05) is 23.4 Å². The third-order valence-electron chi connectivity index (χ3n) is 3.64. The minimum atomic E-state index is -0.585. The predicted octanol–water partition coefficient (Wildman–Crippen LogP) is 3.55. The van der Waals surface area contributed by atoms with Crippen LogP contribution in [0.4, 0.5) is 5.69 Å². The normalized spacial score (nSPS) is 12.0. The van der Waals surface area contributed by atoms with Gasteiger partial charge in [-0.25, -0.2) is 0 Å². The highest BCUT2D eigenvalue weighted by Gasteiger charge is 2.10. The molecule has 0 bridgehead atoms. The van der Waals surface area contributed by atoms with E-state index < -0.39 is 6.10 Å². The van der Waals surface area contributed by atoms with Gasteiger partial charge in [0.25, 0.3) is 0 Å². The second kappa shape index (κ2) is 7.43. The molecule has 0 aliphatic heterocycles. The van der Waals surface area contributed by atoms with E-state index in [2.05, 4.69) is 5.32 Å². The summed E-state index contributed by atoms with van der Waals surface area (Å²) in [7, 11) is 0. The number of aliphatic hydroxyl groups is 1. The summed E-state index contributed by atoms with van der Waals surface area (Å²) in [6.07, 6.45) is -0.585. The molecule has 2 rings (SSSR count). The molecule has 0 aliphatic rings. The van der Waals surface area contributed by atoms with E-state index in [-0.39, 0.29) is 11.7 Å². The summed E-state index contributed by atoms with van der Waals surface area (Å²) in [6.45, 7) is 4.41. The number of ketones is 1. The average Bonchev–Trinajstić information content (AvgIpc) is 2.55. The molecule has 0 fully saturated rings. The van der Waals surface area contributed by atoms with E-state index in [1.54, 1.807) is 12.1 Å². The number of aryl methyl sites for hydroxylation is 2. The van der Waals surface area contributed by atoms with Crippen LogP contribution in [0.5, 0.6) is 0 Å². The van der Waals surface area contributed by atoms with Gasteiger partial charge >= 0.3 is 0 Å². The molecule has 0 amide bonds. The van der Waals surface area contributed by atoms with Gasteiger partial charge in [-0.2, -0.15) is 0 Å². The molecule has 1 atom stereocenters. The first-order valence-corrected chi connectivity index (χ1v) is 7.74. The van der Waals surface area contributed by atoms with Crippen molar-refractivity contribution in [1.82, 2.24) is 0 Å². The molecule has 0 saturated heterocycles. The Morgan fingerprint density at radius 3 is 2.32 bits per heavy atom. The van der Waals surface area contributed by atoms with Gasteiger partial charge in [0.2, 0.25) is 0 Å². The number of carbonyl (C=O) groups excluding carboxylic acids is 1. The van der Waals surface area contributed by atoms with Crippen LogP contribution in [-0.2, 0) is 0 Å². The monoisotopic (exact) mass is 317 g/mol. The van der Waals surface area contributed by atoms with Gasteiger partial charge in [0.1, 0.15) is 0 Å². The number of halogens is 1. The molecule has 2 aromatic rings. The Bertz CT molecular complexity index is 653. The molecule has 116 valence electrons. The molecule has 1 unspecified atom stereocenters. The van der Waals surface area contributed by atoms with Gasteiger partial charge in [-0.3, -0.25) is 4.79 Å². The number of alkyl halides is 1. The largest absolute Gasteiger partial charge is 0.390 e. The van der Waals surface area contributed by atoms with Gasteiger partial charge in [0.05, 0.1) is 12.0 Å². The summed E-state index contributed by atoms with van der Waals surface area (Å²) in [4.78, 5) is 12.5. The standard InChI is InChI=1S/C18H20ClNO2/c1-12-3-4-15(9-13(12)2)18(22)14-5-7-16(8-6-14)20-11-17(21)10-19/h3-9,17,20-21H,10-11H2,1-2H3. The fraction of sp³-hybridized carbons (Fsp3) is 0.278. The maximum absolute atomic E-state index is 12.5. The van der Waals surface area contributed by atoms with Crippen LogP contribution in [0.1, 0.15) is 27.0 Å². The molecule has 0 heterocycles. The van der Waals surface area contributed by atoms with E-state index in [0.29, 0.717) is 17.7 Å². The van der Waals surface area contributed by atoms with Crippen LogP contribution in [0.15, 0.2) is 42.5 Å². The molecule has 0 aliphatic carbocycles. The zero-order valence-electron chi connectivity index (χ0n) is 12.8. The van der Waals surface area contributed by atoms with Crippen molar-refractivity contribution in [3.8, 4) is 0 Å². The van der Waals surface area contributed by atoms with Crippen molar-refractivity contribution < 1.29 is 9.90 Å². The summed E-state index contributed by atoms with van der Waals surface area (Å²) in [6, 6.07) is 13.0. The molecule has 2 N–H and O–H groups in total. The van der Waals surface area contributed by atoms with Crippen molar-refractivity contribution in [2.45, 2.75) is 20.0 Å². The molecule has 3 nitrogen and oxygen atoms in total. The topological polar surface area (TPSA) is 49.3 Å². The van der Waals surface area contributed by atoms with Crippen molar-refractivity contribution in [2.75, 3.05) is 17.7 Å². The third kappa shape index (κ3) is 4.09. The lowest BCUT2D eigenvalue weighted by molar-refractivity contribution is 0.103. The Morgan fingerprint density at radius 2 is 1.73 bits per heavy atom. The molecule has 22 heavy (non-hydrogen) atoms. The maximum Gasteiger partial charge on any atom is 0.193 e. The highest BCUT2D eigenvalue weighted by molar-refractivity contribution is 6.18. The van der Waals surface area contributed by atoms with Crippen molar-refractivity contribution >= 4 is 23.1 Å². The van der Waals surface area contributed by atoms with Crippen LogP contribution in [0.2, 0.25) is 0 Å². The van der Waals surface area contributed by atoms with Crippen molar-refractivity contribution in [2.24, 2.45) is 0 Å². The van der Waals surface area contributed by atoms with Crippen LogP contribution >= 0.6 is 11.6 Å². The second-order valence-corrected chi connectivity index (χ2v) is 5.70. The van der Waals surface area contributed by atoms with E-state index in [0.717, 1.165) is 11.3 Å². The van der Waals surface area contributed by atoms with Crippen LogP contribution in [0, 0.1) is 13.8 Å². The molecule has 0 spiro atoms. The predicted molar refractivity (Wildman–Crippen MR) is 91.0 cm³/mol. The quantitative estimate of drug-likeness (QED) is 0.633. The Kier molecular flexibility index (Phi) is 5.58. The molecule has 0 saturated carbocycles. The summed E-state index contributed by atoms with van der Waals surface area (Å²) < 4.78 is 0. The highest BCUT2D eigenvalue weighted by Crippen LogP contribution is 2.16. The lowest BCUT2D eigenvalue weighted by Gasteiger charge is -2.10. The van der Waals surface area contributed by atoms with Crippen molar-refractivity contribution in [3.05, 3.63) is 64.7 Å². The second-order valence-electron chi connectivity index (χ2n) is 5.39. The molecule has 0 radical (unpaired) electrons. The van der Waals surface area contributed by atoms with Gasteiger partial charge in [-0.1, -0.05) is 12.1 Å². The minimum Gasteiger partial charge on any atom is -0.390 e. The first kappa shape index (κ1) is 16.5. The Balaban J connectivity index is 2.09. The van der Waals surface area contributed by atoms with Gasteiger partial charge in [-0.05, 0) is 55.3 Å². The van der Waals surface area contributed by atoms with Gasteiger partial charge in [0.15, 0.2) is 5.78 Å². The fourth-order valence-electron chi connectivity index (χ4n) is 2.08. The Hall–Kier alpha value is -1.84. The van der Waals surface area contributed by atoms with E-state index >= 15 is 0 Å². The van der Waals surface area contributed by atoms with Crippen LogP contribution in [0.25, 0.3) is 0 Å². The van der Waals surface area contributed by atoms with Crippen molar-refractivity contribution in [1.29, 1.82) is 0 Å². The lowest BCUT2D eigenvalue weighted by Crippen LogP contribution is -2.20. The van der Waals surface area contributed by atoms with E-state index in [1.165, 1.54) is 5.56 Å². The number of nitrogens with one attached hydrogen (secondary N) is 1. The first-order chi connectivity index (χ1) is 10.5. The van der Waals surface area contributed by atoms with E-state index in [9.17, 15) is 9.90 Å². The molecular formula is C18H20ClNO2. The smallest absolute Gasteiger partial charge is 0.193 e. The lowest BCUT2D eigenvalue weighted by atomic mass is 9.99. The summed E-state index contributed by atoms with van der Waals surface area (Å²) in [5, 5.41) is 12.5. The number of anilines is 1. The number of carbonyl (C=O) groups is 1. The third-order valence-corrected chi connectivity index (χ3v) is 3.99. The molecule has 4 heteroatoms. The zero-order chi connectivity index (χ0) is 16.1. The van der Waals surface area contributed by atoms with E-state index in [1.807, 2.05) is 44.2 Å². The van der Waals surface area contributed by atoms with E-state index in [4.69, 9.17) is 11.6 Å². The summed E-state index contributed by atoms with van der Waals surface area (Å²) >= 11 is 5.54. The van der Waals surface area contributed by atoms with Crippen LogP contribution in [0.3, 0.4) is 0 Å². The average molecular weight is 318 g/mol. The number of hydrogen-bond acceptors (Lipinski definition) is 3. The number of benzene rings is 2. The van der Waals surface area contributed by atoms with Crippen LogP contribution < -0.4 is 5.32 Å². The minimum absolute atomic E-state index is 0.00967. The highest BCUT2D eigenvalue weighted by atomic mass is 35.5. The number of rotatable bonds is 6. The van der Waals surface area contributed by atoms with Crippen LogP contribution in [-0.4, -0.2) is 29.4 Å². The maximum atomic E-state index is 12.5. The molecular weight excluding hydrogens is 298 g/mol. The fourth-order valence-corrected chi connectivity index (χ4v) is 2.19. The number of aliphatic hydroxyl groups excluding tert-OH is 1. The Morgan fingerprint density at radius 1 is 1.09 bits per heavy atom. The number of hydrogen-bond donors (Lipinski definition) is 2. The summed E-state index contributed by atoms with van der Waals surface area (Å²) in [5.41, 5.74) is 4.47. The SMILES string of the molecule is Cc1ccc(C(=O)c2ccc(NCC(O)CCl)cc2)cc1C. The van der Waals surface area contributed by atoms with Crippen molar-refractivity contribution in [3.63, 3.8) is 0 Å². The first-order valence-electron chi connectivity index (χ1n) is 7.21. The molecule has 0 aromatic heterocycles. The van der Waals surface area contributed by atoms with Gasteiger partial charge < -0.3 is 10.4 Å². The summed E-state index contributed by atoms with van der Waals surface area (Å²) in [5.74, 6) is 0.200. The zero-order valence-corrected chi connectivity index (χ0v) is 13.5.